The minimum Gasteiger partial charge on any atom is -0.504 e. The minimum atomic E-state index is -4.46. The van der Waals surface area contributed by atoms with Crippen LogP contribution >= 0.6 is 0 Å². The number of phenols is 2. The molecule has 0 aliphatic heterocycles. The zero-order valence-corrected chi connectivity index (χ0v) is 13.2. The lowest BCUT2D eigenvalue weighted by atomic mass is 10.1. The molecule has 0 spiro atoms. The maximum atomic E-state index is 12.8. The second-order valence-electron chi connectivity index (χ2n) is 5.54. The van der Waals surface area contributed by atoms with Crippen molar-refractivity contribution in [1.82, 2.24) is 4.98 Å². The molecule has 1 heterocycles. The summed E-state index contributed by atoms with van der Waals surface area (Å²) in [6.07, 6.45) is -1.90. The third-order valence-corrected chi connectivity index (χ3v) is 3.71. The molecule has 0 aliphatic carbocycles. The zero-order valence-electron chi connectivity index (χ0n) is 13.2. The highest BCUT2D eigenvalue weighted by Gasteiger charge is 2.30. The van der Waals surface area contributed by atoms with Crippen LogP contribution in [0.5, 0.6) is 11.5 Å². The van der Waals surface area contributed by atoms with Crippen molar-refractivity contribution in [2.75, 3.05) is 0 Å². The number of ketones is 1. The number of carbonyl (C=O) groups excluding carboxylic acids is 1. The van der Waals surface area contributed by atoms with E-state index in [1.54, 1.807) is 12.1 Å². The first-order valence-corrected chi connectivity index (χ1v) is 7.46. The molecule has 3 rings (SSSR count). The van der Waals surface area contributed by atoms with Crippen LogP contribution in [0.2, 0.25) is 0 Å². The number of halogens is 3. The number of hydrogen-bond donors (Lipinski definition) is 2. The molecule has 0 amide bonds. The van der Waals surface area contributed by atoms with Crippen LogP contribution in [0.1, 0.15) is 21.6 Å². The van der Waals surface area contributed by atoms with Crippen LogP contribution in [-0.2, 0) is 6.18 Å². The number of aromatic hydroxyl groups is 2. The molecule has 4 nitrogen and oxygen atoms in total. The quantitative estimate of drug-likeness (QED) is 0.409. The van der Waals surface area contributed by atoms with Gasteiger partial charge in [-0.1, -0.05) is 12.1 Å². The molecule has 3 aromatic rings. The lowest BCUT2D eigenvalue weighted by Crippen LogP contribution is -2.04. The normalized spacial score (nSPS) is 12.0. The van der Waals surface area contributed by atoms with Crippen molar-refractivity contribution in [2.45, 2.75) is 6.18 Å². The summed E-state index contributed by atoms with van der Waals surface area (Å²) in [5.41, 5.74) is -0.171. The number of rotatable bonds is 3. The highest BCUT2D eigenvalue weighted by Crippen LogP contribution is 2.31. The average molecular weight is 359 g/mol. The molecule has 2 N–H and O–H groups in total. The third kappa shape index (κ3) is 3.66. The fraction of sp³-hybridized carbons (Fsp3) is 0.0526. The van der Waals surface area contributed by atoms with E-state index >= 15 is 0 Å². The summed E-state index contributed by atoms with van der Waals surface area (Å²) in [5.74, 6) is -1.22. The van der Waals surface area contributed by atoms with Gasteiger partial charge in [0.1, 0.15) is 0 Å². The van der Waals surface area contributed by atoms with E-state index in [0.717, 1.165) is 18.2 Å². The van der Waals surface area contributed by atoms with Crippen molar-refractivity contribution in [2.24, 2.45) is 0 Å². The Bertz CT molecular complexity index is 1030. The molecule has 0 unspecified atom stereocenters. The number of hydrogen-bond acceptors (Lipinski definition) is 4. The van der Waals surface area contributed by atoms with E-state index < -0.39 is 23.3 Å². The van der Waals surface area contributed by atoms with Crippen molar-refractivity contribution in [3.8, 4) is 11.5 Å². The Morgan fingerprint density at radius 3 is 2.38 bits per heavy atom. The van der Waals surface area contributed by atoms with Crippen LogP contribution in [0.4, 0.5) is 13.2 Å². The van der Waals surface area contributed by atoms with E-state index in [9.17, 15) is 28.2 Å². The van der Waals surface area contributed by atoms with E-state index in [0.29, 0.717) is 11.1 Å². The van der Waals surface area contributed by atoms with E-state index in [1.165, 1.54) is 30.4 Å². The number of carbonyl (C=O) groups is 1. The average Bonchev–Trinajstić information content (AvgIpc) is 2.60. The summed E-state index contributed by atoms with van der Waals surface area (Å²) in [6.45, 7) is 0. The molecular weight excluding hydrogens is 347 g/mol. The number of allylic oxidation sites excluding steroid dienone is 1. The molecule has 0 aliphatic rings. The molecule has 26 heavy (non-hydrogen) atoms. The van der Waals surface area contributed by atoms with Gasteiger partial charge in [-0.15, -0.1) is 0 Å². The molecule has 2 aromatic carbocycles. The Morgan fingerprint density at radius 2 is 1.69 bits per heavy atom. The number of pyridine rings is 1. The number of aromatic nitrogens is 1. The summed E-state index contributed by atoms with van der Waals surface area (Å²) in [6, 6.07) is 10.1. The molecule has 0 radical (unpaired) electrons. The van der Waals surface area contributed by atoms with Gasteiger partial charge in [0.05, 0.1) is 16.8 Å². The number of fused-ring (bicyclic) bond motifs is 1. The predicted octanol–water partition coefficient (Wildman–Crippen LogP) is 4.56. The summed E-state index contributed by atoms with van der Waals surface area (Å²) in [5, 5.41) is 19.2. The maximum absolute atomic E-state index is 12.8. The van der Waals surface area contributed by atoms with Crippen molar-refractivity contribution in [3.63, 3.8) is 0 Å². The van der Waals surface area contributed by atoms with Gasteiger partial charge in [-0.3, -0.25) is 4.79 Å². The smallest absolute Gasteiger partial charge is 0.416 e. The molecule has 0 saturated heterocycles. The Balaban J connectivity index is 1.88. The number of alkyl halides is 3. The van der Waals surface area contributed by atoms with Gasteiger partial charge >= 0.3 is 6.18 Å². The lowest BCUT2D eigenvalue weighted by Gasteiger charge is -2.07. The zero-order chi connectivity index (χ0) is 18.9. The van der Waals surface area contributed by atoms with Crippen LogP contribution in [0, 0.1) is 0 Å². The Hall–Kier alpha value is -3.35. The molecule has 7 heteroatoms. The van der Waals surface area contributed by atoms with E-state index in [-0.39, 0.29) is 16.8 Å². The van der Waals surface area contributed by atoms with Gasteiger partial charge in [0, 0.05) is 10.9 Å². The Morgan fingerprint density at radius 1 is 0.962 bits per heavy atom. The summed E-state index contributed by atoms with van der Waals surface area (Å²) in [4.78, 5) is 16.2. The highest BCUT2D eigenvalue weighted by molar-refractivity contribution is 6.07. The SMILES string of the molecule is O=C(/C=C/c1ccc2ccc(C(F)(F)F)cc2n1)c1ccc(O)c(O)c1. The standard InChI is InChI=1S/C19H12F3NO3/c20-19(21,22)13-4-1-11-2-5-14(23-15(11)10-13)6-8-16(24)12-3-7-17(25)18(26)9-12/h1-10,25-26H/b8-6+. The van der Waals surface area contributed by atoms with Crippen LogP contribution in [0.25, 0.3) is 17.0 Å². The second-order valence-corrected chi connectivity index (χ2v) is 5.54. The van der Waals surface area contributed by atoms with E-state index in [4.69, 9.17) is 0 Å². The molecule has 0 bridgehead atoms. The summed E-state index contributed by atoms with van der Waals surface area (Å²) in [7, 11) is 0. The summed E-state index contributed by atoms with van der Waals surface area (Å²) < 4.78 is 38.4. The topological polar surface area (TPSA) is 70.4 Å². The van der Waals surface area contributed by atoms with Crippen LogP contribution < -0.4 is 0 Å². The van der Waals surface area contributed by atoms with E-state index in [1.807, 2.05) is 0 Å². The minimum absolute atomic E-state index is 0.150. The lowest BCUT2D eigenvalue weighted by molar-refractivity contribution is -0.137. The molecular formula is C19H12F3NO3. The van der Waals surface area contributed by atoms with Gasteiger partial charge < -0.3 is 10.2 Å². The van der Waals surface area contributed by atoms with Gasteiger partial charge in [0.15, 0.2) is 17.3 Å². The fourth-order valence-electron chi connectivity index (χ4n) is 2.34. The van der Waals surface area contributed by atoms with Crippen LogP contribution in [0.3, 0.4) is 0 Å². The Kier molecular flexibility index (Phi) is 4.38. The summed E-state index contributed by atoms with van der Waals surface area (Å²) >= 11 is 0. The first-order chi connectivity index (χ1) is 12.2. The first-order valence-electron chi connectivity index (χ1n) is 7.46. The third-order valence-electron chi connectivity index (χ3n) is 3.71. The number of nitrogens with zero attached hydrogens (tertiary/aromatic N) is 1. The van der Waals surface area contributed by atoms with Gasteiger partial charge in [0.2, 0.25) is 0 Å². The maximum Gasteiger partial charge on any atom is 0.416 e. The largest absolute Gasteiger partial charge is 0.504 e. The number of phenolic OH excluding ortho intramolecular Hbond substituents is 2. The van der Waals surface area contributed by atoms with Crippen molar-refractivity contribution in [1.29, 1.82) is 0 Å². The monoisotopic (exact) mass is 359 g/mol. The van der Waals surface area contributed by atoms with Crippen molar-refractivity contribution >= 4 is 22.8 Å². The van der Waals surface area contributed by atoms with Gasteiger partial charge in [-0.2, -0.15) is 13.2 Å². The Labute approximate surface area is 145 Å². The van der Waals surface area contributed by atoms with Crippen molar-refractivity contribution in [3.05, 3.63) is 71.4 Å². The van der Waals surface area contributed by atoms with Crippen LogP contribution in [0.15, 0.2) is 54.6 Å². The molecule has 0 fully saturated rings. The van der Waals surface area contributed by atoms with E-state index in [2.05, 4.69) is 4.98 Å². The molecule has 132 valence electrons. The van der Waals surface area contributed by atoms with Crippen LogP contribution in [-0.4, -0.2) is 21.0 Å². The predicted molar refractivity (Wildman–Crippen MR) is 89.9 cm³/mol. The van der Waals surface area contributed by atoms with Gasteiger partial charge in [0.25, 0.3) is 0 Å². The van der Waals surface area contributed by atoms with Gasteiger partial charge in [-0.05, 0) is 48.6 Å². The van der Waals surface area contributed by atoms with Crippen molar-refractivity contribution < 1.29 is 28.2 Å². The highest BCUT2D eigenvalue weighted by atomic mass is 19.4. The number of benzene rings is 2. The second kappa shape index (κ2) is 6.51. The molecule has 1 aromatic heterocycles. The first kappa shape index (κ1) is 17.5. The molecule has 0 atom stereocenters. The fourth-order valence-corrected chi connectivity index (χ4v) is 2.34. The van der Waals surface area contributed by atoms with Gasteiger partial charge in [-0.25, -0.2) is 4.98 Å². The molecule has 0 saturated carbocycles.